The van der Waals surface area contributed by atoms with E-state index in [1.165, 1.54) is 116 Å². The minimum absolute atomic E-state index is 0.108. The first-order chi connectivity index (χ1) is 32.5. The minimum Gasteiger partial charge on any atom is -0.462 e. The summed E-state index contributed by atoms with van der Waals surface area (Å²) in [7, 11) is 0. The second-order valence-corrected chi connectivity index (χ2v) is 18.2. The molecule has 0 N–H and O–H groups in total. The molecule has 6 heteroatoms. The zero-order chi connectivity index (χ0) is 47.9. The van der Waals surface area contributed by atoms with Crippen molar-refractivity contribution < 1.29 is 28.6 Å². The number of carbonyl (C=O) groups excluding carboxylic acids is 3. The molecule has 0 spiro atoms. The van der Waals surface area contributed by atoms with E-state index in [0.29, 0.717) is 19.3 Å². The number of allylic oxidation sites excluding steroid dienone is 14. The zero-order valence-electron chi connectivity index (χ0n) is 43.2. The van der Waals surface area contributed by atoms with Crippen molar-refractivity contribution in [3.05, 3.63) is 85.1 Å². The Balaban J connectivity index is 4.48. The quantitative estimate of drug-likeness (QED) is 0.0199. The number of ether oxygens (including phenoxy) is 3. The van der Waals surface area contributed by atoms with Gasteiger partial charge in [-0.15, -0.1) is 0 Å². The second kappa shape index (κ2) is 54.2. The predicted molar refractivity (Wildman–Crippen MR) is 284 cm³/mol. The number of unbranched alkanes of at least 4 members (excludes halogenated alkanes) is 26. The third kappa shape index (κ3) is 51.6. The molecule has 0 aromatic rings. The normalized spacial score (nSPS) is 12.7. The zero-order valence-corrected chi connectivity index (χ0v) is 43.2. The van der Waals surface area contributed by atoms with Crippen LogP contribution in [0.2, 0.25) is 0 Å². The number of hydrogen-bond acceptors (Lipinski definition) is 6. The molecule has 0 amide bonds. The van der Waals surface area contributed by atoms with Crippen LogP contribution in [0.5, 0.6) is 0 Å². The van der Waals surface area contributed by atoms with Crippen LogP contribution in [0.25, 0.3) is 0 Å². The molecule has 66 heavy (non-hydrogen) atoms. The highest BCUT2D eigenvalue weighted by molar-refractivity contribution is 5.71. The highest BCUT2D eigenvalue weighted by Crippen LogP contribution is 2.14. The molecule has 0 rings (SSSR count). The predicted octanol–water partition coefficient (Wildman–Crippen LogP) is 18.4. The molecule has 0 aliphatic heterocycles. The Labute approximate surface area is 407 Å². The van der Waals surface area contributed by atoms with E-state index in [9.17, 15) is 14.4 Å². The van der Waals surface area contributed by atoms with Crippen LogP contribution in [0.3, 0.4) is 0 Å². The molecule has 1 atom stereocenters. The standard InChI is InChI=1S/C60H102O6/c1-4-7-10-13-16-19-22-25-27-29-31-32-35-38-41-44-47-50-53-59(62)65-56-57(55-64-58(61)52-49-46-43-40-37-34-24-21-18-15-12-9-6-3)66-60(63)54-51-48-45-42-39-36-33-30-28-26-23-20-17-14-11-8-5-2/h9,12,15,18,21,24,26,28,31-33,36,42,45,57H,4-8,10-11,13-14,16-17,19-20,22-23,25,27,29-30,34-35,37-41,43-44,46-56H2,1-3H3/b12-9-,18-15-,24-21-,28-26-,32-31-,36-33-,45-42-. The van der Waals surface area contributed by atoms with Crippen LogP contribution in [0.4, 0.5) is 0 Å². The number of esters is 3. The topological polar surface area (TPSA) is 78.9 Å². The first kappa shape index (κ1) is 62.6. The van der Waals surface area contributed by atoms with Gasteiger partial charge < -0.3 is 14.2 Å². The first-order valence-electron chi connectivity index (χ1n) is 27.6. The van der Waals surface area contributed by atoms with Crippen molar-refractivity contribution in [1.29, 1.82) is 0 Å². The smallest absolute Gasteiger partial charge is 0.306 e. The third-order valence-corrected chi connectivity index (χ3v) is 11.7. The van der Waals surface area contributed by atoms with Gasteiger partial charge in [0.25, 0.3) is 0 Å². The van der Waals surface area contributed by atoms with E-state index in [2.05, 4.69) is 106 Å². The van der Waals surface area contributed by atoms with E-state index in [1.807, 2.05) is 0 Å². The molecule has 0 heterocycles. The lowest BCUT2D eigenvalue weighted by molar-refractivity contribution is -0.167. The molecule has 0 aliphatic rings. The highest BCUT2D eigenvalue weighted by atomic mass is 16.6. The Bertz CT molecular complexity index is 1290. The van der Waals surface area contributed by atoms with Gasteiger partial charge in [-0.2, -0.15) is 0 Å². The molecule has 0 saturated heterocycles. The number of rotatable bonds is 49. The molecule has 0 aliphatic carbocycles. The van der Waals surface area contributed by atoms with Gasteiger partial charge in [0.1, 0.15) is 13.2 Å². The molecule has 0 saturated carbocycles. The van der Waals surface area contributed by atoms with E-state index < -0.39 is 6.10 Å². The largest absolute Gasteiger partial charge is 0.462 e. The van der Waals surface area contributed by atoms with Crippen molar-refractivity contribution >= 4 is 17.9 Å². The lowest BCUT2D eigenvalue weighted by atomic mass is 10.1. The Morgan fingerprint density at radius 1 is 0.333 bits per heavy atom. The van der Waals surface area contributed by atoms with Crippen LogP contribution >= 0.6 is 0 Å². The molecular formula is C60H102O6. The summed E-state index contributed by atoms with van der Waals surface area (Å²) < 4.78 is 16.8. The lowest BCUT2D eigenvalue weighted by Crippen LogP contribution is -2.30. The van der Waals surface area contributed by atoms with Crippen LogP contribution in [-0.2, 0) is 28.6 Å². The lowest BCUT2D eigenvalue weighted by Gasteiger charge is -2.18. The summed E-state index contributed by atoms with van der Waals surface area (Å²) in [5, 5.41) is 0. The summed E-state index contributed by atoms with van der Waals surface area (Å²) in [5.74, 6) is -0.987. The van der Waals surface area contributed by atoms with Crippen molar-refractivity contribution in [2.45, 2.75) is 264 Å². The third-order valence-electron chi connectivity index (χ3n) is 11.7. The number of carbonyl (C=O) groups is 3. The van der Waals surface area contributed by atoms with Crippen LogP contribution < -0.4 is 0 Å². The van der Waals surface area contributed by atoms with Crippen molar-refractivity contribution in [3.63, 3.8) is 0 Å². The van der Waals surface area contributed by atoms with E-state index in [1.54, 1.807) is 0 Å². The maximum atomic E-state index is 12.8. The van der Waals surface area contributed by atoms with Gasteiger partial charge in [0, 0.05) is 19.3 Å². The molecule has 0 radical (unpaired) electrons. The summed E-state index contributed by atoms with van der Waals surface area (Å²) >= 11 is 0. The molecule has 0 fully saturated rings. The van der Waals surface area contributed by atoms with Crippen LogP contribution in [-0.4, -0.2) is 37.2 Å². The monoisotopic (exact) mass is 919 g/mol. The maximum absolute atomic E-state index is 12.8. The summed E-state index contributed by atoms with van der Waals surface area (Å²) in [5.41, 5.74) is 0. The van der Waals surface area contributed by atoms with Crippen LogP contribution in [0, 0.1) is 0 Å². The van der Waals surface area contributed by atoms with E-state index >= 15 is 0 Å². The van der Waals surface area contributed by atoms with Gasteiger partial charge in [0.05, 0.1) is 0 Å². The highest BCUT2D eigenvalue weighted by Gasteiger charge is 2.19. The van der Waals surface area contributed by atoms with Gasteiger partial charge in [-0.25, -0.2) is 0 Å². The van der Waals surface area contributed by atoms with Gasteiger partial charge in [-0.3, -0.25) is 14.4 Å². The van der Waals surface area contributed by atoms with E-state index in [0.717, 1.165) is 96.3 Å². The first-order valence-corrected chi connectivity index (χ1v) is 27.6. The van der Waals surface area contributed by atoms with Gasteiger partial charge >= 0.3 is 17.9 Å². The Hall–Kier alpha value is -3.41. The Morgan fingerprint density at radius 2 is 0.667 bits per heavy atom. The van der Waals surface area contributed by atoms with Crippen molar-refractivity contribution in [2.75, 3.05) is 13.2 Å². The van der Waals surface area contributed by atoms with Crippen LogP contribution in [0.1, 0.15) is 258 Å². The fourth-order valence-electron chi connectivity index (χ4n) is 7.51. The van der Waals surface area contributed by atoms with Gasteiger partial charge in [0.2, 0.25) is 0 Å². The summed E-state index contributed by atoms with van der Waals surface area (Å²) in [6.07, 6.45) is 70.1. The van der Waals surface area contributed by atoms with Gasteiger partial charge in [0.15, 0.2) is 6.10 Å². The second-order valence-electron chi connectivity index (χ2n) is 18.2. The van der Waals surface area contributed by atoms with Crippen LogP contribution in [0.15, 0.2) is 85.1 Å². The SMILES string of the molecule is CC\C=C/C=C\C=C/CCCCCCCC(=O)OCC(COC(=O)CCCCCCC/C=C\CCCCCCCCCCC)OC(=O)CCC/C=C\C/C=C\C/C=C\CCCCCCCC. The van der Waals surface area contributed by atoms with Crippen molar-refractivity contribution in [1.82, 2.24) is 0 Å². The minimum atomic E-state index is -0.815. The molecule has 0 aromatic heterocycles. The summed E-state index contributed by atoms with van der Waals surface area (Å²) in [4.78, 5) is 38.0. The number of hydrogen-bond donors (Lipinski definition) is 0. The molecule has 6 nitrogen and oxygen atoms in total. The molecule has 0 aromatic carbocycles. The van der Waals surface area contributed by atoms with Crippen molar-refractivity contribution in [2.24, 2.45) is 0 Å². The van der Waals surface area contributed by atoms with Gasteiger partial charge in [-0.1, -0.05) is 228 Å². The average molecular weight is 919 g/mol. The summed E-state index contributed by atoms with van der Waals surface area (Å²) in [6, 6.07) is 0. The molecule has 0 bridgehead atoms. The molecule has 1 unspecified atom stereocenters. The molecule has 378 valence electrons. The fraction of sp³-hybridized carbons (Fsp3) is 0.717. The molecular weight excluding hydrogens is 817 g/mol. The van der Waals surface area contributed by atoms with E-state index in [-0.39, 0.29) is 37.5 Å². The summed E-state index contributed by atoms with van der Waals surface area (Å²) in [6.45, 7) is 6.44. The van der Waals surface area contributed by atoms with Gasteiger partial charge in [-0.05, 0) is 96.3 Å². The average Bonchev–Trinajstić information content (AvgIpc) is 3.31. The van der Waals surface area contributed by atoms with E-state index in [4.69, 9.17) is 14.2 Å². The Kier molecular flexibility index (Phi) is 51.4. The maximum Gasteiger partial charge on any atom is 0.306 e. The van der Waals surface area contributed by atoms with Crippen molar-refractivity contribution in [3.8, 4) is 0 Å². The fourth-order valence-corrected chi connectivity index (χ4v) is 7.51. The Morgan fingerprint density at radius 3 is 1.11 bits per heavy atom.